The summed E-state index contributed by atoms with van der Waals surface area (Å²) in [5, 5.41) is 13.5. The lowest BCUT2D eigenvalue weighted by Crippen LogP contribution is -2.17. The van der Waals surface area contributed by atoms with Crippen LogP contribution in [0.3, 0.4) is 0 Å². The smallest absolute Gasteiger partial charge is 0.229 e. The van der Waals surface area contributed by atoms with Crippen LogP contribution >= 0.6 is 0 Å². The van der Waals surface area contributed by atoms with Gasteiger partial charge < -0.3 is 14.5 Å². The van der Waals surface area contributed by atoms with Crippen LogP contribution in [0.2, 0.25) is 0 Å². The second-order valence-corrected chi connectivity index (χ2v) is 15.1. The first kappa shape index (κ1) is 30.4. The van der Waals surface area contributed by atoms with E-state index in [0.717, 1.165) is 55.5 Å². The summed E-state index contributed by atoms with van der Waals surface area (Å²) in [5.41, 5.74) is 8.56. The molecule has 0 saturated carbocycles. The van der Waals surface area contributed by atoms with Crippen LogP contribution < -0.4 is 0 Å². The number of benzene rings is 4. The van der Waals surface area contributed by atoms with Crippen molar-refractivity contribution in [3.05, 3.63) is 101 Å². The number of phenolic OH excluding ortho intramolecular Hbond substituents is 1. The van der Waals surface area contributed by atoms with E-state index in [4.69, 9.17) is 14.4 Å². The van der Waals surface area contributed by atoms with E-state index in [-0.39, 0.29) is 22.0 Å². The minimum absolute atomic E-state index is 0.0730. The van der Waals surface area contributed by atoms with E-state index in [0.29, 0.717) is 11.5 Å². The zero-order valence-corrected chi connectivity index (χ0v) is 27.8. The number of nitrogens with one attached hydrogen (secondary N) is 1. The van der Waals surface area contributed by atoms with Gasteiger partial charge in [0.2, 0.25) is 5.89 Å². The van der Waals surface area contributed by atoms with Gasteiger partial charge in [-0.05, 0) is 69.2 Å². The first-order chi connectivity index (χ1) is 21.1. The molecule has 230 valence electrons. The second-order valence-electron chi connectivity index (χ2n) is 15.1. The largest absolute Gasteiger partial charge is 0.507 e. The predicted octanol–water partition coefficient (Wildman–Crippen LogP) is 11.0. The molecule has 5 heteroatoms. The van der Waals surface area contributed by atoms with Crippen LogP contribution in [0.25, 0.3) is 44.6 Å². The van der Waals surface area contributed by atoms with Gasteiger partial charge in [0.25, 0.3) is 0 Å². The Bertz CT molecular complexity index is 2060. The number of hydrogen-bond acceptors (Lipinski definition) is 4. The summed E-state index contributed by atoms with van der Waals surface area (Å²) < 4.78 is 6.57. The van der Waals surface area contributed by atoms with Crippen molar-refractivity contribution >= 4 is 33.8 Å². The molecule has 0 fully saturated rings. The summed E-state index contributed by atoms with van der Waals surface area (Å²) in [7, 11) is 0. The summed E-state index contributed by atoms with van der Waals surface area (Å²) in [5.74, 6) is 0.762. The summed E-state index contributed by atoms with van der Waals surface area (Å²) in [6.45, 7) is 19.5. The van der Waals surface area contributed by atoms with E-state index < -0.39 is 0 Å². The van der Waals surface area contributed by atoms with Crippen LogP contribution in [-0.2, 0) is 16.2 Å². The number of phenols is 1. The van der Waals surface area contributed by atoms with Gasteiger partial charge in [0.1, 0.15) is 11.3 Å². The molecule has 0 radical (unpaired) electrons. The number of aliphatic imine (C=N–C) groups is 1. The van der Waals surface area contributed by atoms with E-state index in [2.05, 4.69) is 116 Å². The van der Waals surface area contributed by atoms with Crippen molar-refractivity contribution in [2.24, 2.45) is 4.99 Å². The van der Waals surface area contributed by atoms with Gasteiger partial charge in [-0.25, -0.2) is 4.98 Å². The summed E-state index contributed by atoms with van der Waals surface area (Å²) in [6.07, 6.45) is 3.72. The SMILES string of the molecule is CC(C)(C)c1cc(C=Nc2c(-c3nc4c(-c5ccc[nH]5)cc(C(C)(C)C)cc4o3)ccc3ccccc23)c(O)c(C(C)(C)C)c1. The second kappa shape index (κ2) is 10.8. The molecule has 6 aromatic rings. The van der Waals surface area contributed by atoms with Crippen LogP contribution in [0.5, 0.6) is 5.75 Å². The lowest BCUT2D eigenvalue weighted by molar-refractivity contribution is 0.444. The number of hydrogen-bond donors (Lipinski definition) is 2. The summed E-state index contributed by atoms with van der Waals surface area (Å²) in [4.78, 5) is 13.5. The highest BCUT2D eigenvalue weighted by atomic mass is 16.3. The van der Waals surface area contributed by atoms with Crippen molar-refractivity contribution in [2.75, 3.05) is 0 Å². The molecule has 0 aliphatic rings. The summed E-state index contributed by atoms with van der Waals surface area (Å²) in [6, 6.07) is 24.9. The van der Waals surface area contributed by atoms with E-state index >= 15 is 0 Å². The first-order valence-electron chi connectivity index (χ1n) is 15.6. The van der Waals surface area contributed by atoms with E-state index in [1.54, 1.807) is 6.21 Å². The summed E-state index contributed by atoms with van der Waals surface area (Å²) >= 11 is 0. The van der Waals surface area contributed by atoms with E-state index in [9.17, 15) is 5.11 Å². The van der Waals surface area contributed by atoms with Crippen molar-refractivity contribution in [1.82, 2.24) is 9.97 Å². The Morgan fingerprint density at radius 3 is 2.13 bits per heavy atom. The fourth-order valence-electron chi connectivity index (χ4n) is 5.74. The third kappa shape index (κ3) is 5.80. The van der Waals surface area contributed by atoms with Gasteiger partial charge in [-0.3, -0.25) is 4.99 Å². The highest BCUT2D eigenvalue weighted by molar-refractivity contribution is 6.02. The maximum Gasteiger partial charge on any atom is 0.229 e. The van der Waals surface area contributed by atoms with Crippen molar-refractivity contribution in [2.45, 2.75) is 78.6 Å². The Kier molecular flexibility index (Phi) is 7.27. The van der Waals surface area contributed by atoms with Gasteiger partial charge in [0.15, 0.2) is 5.58 Å². The third-order valence-electron chi connectivity index (χ3n) is 8.53. The molecule has 0 bridgehead atoms. The third-order valence-corrected chi connectivity index (χ3v) is 8.53. The molecule has 0 unspecified atom stereocenters. The lowest BCUT2D eigenvalue weighted by atomic mass is 9.79. The zero-order chi connectivity index (χ0) is 32.3. The number of oxazole rings is 1. The van der Waals surface area contributed by atoms with Gasteiger partial charge in [0, 0.05) is 40.2 Å². The molecule has 0 saturated heterocycles. The minimum Gasteiger partial charge on any atom is -0.507 e. The lowest BCUT2D eigenvalue weighted by Gasteiger charge is -2.27. The van der Waals surface area contributed by atoms with Crippen LogP contribution in [0, 0.1) is 0 Å². The zero-order valence-electron chi connectivity index (χ0n) is 27.8. The minimum atomic E-state index is -0.237. The van der Waals surface area contributed by atoms with Gasteiger partial charge in [-0.15, -0.1) is 0 Å². The number of aromatic amines is 1. The molecule has 2 heterocycles. The number of aromatic hydroxyl groups is 1. The van der Waals surface area contributed by atoms with Gasteiger partial charge in [0.05, 0.1) is 11.3 Å². The van der Waals surface area contributed by atoms with Crippen LogP contribution in [0.15, 0.2) is 88.4 Å². The molecular weight excluding hydrogens is 554 g/mol. The maximum absolute atomic E-state index is 11.5. The van der Waals surface area contributed by atoms with Crippen molar-refractivity contribution in [3.63, 3.8) is 0 Å². The number of H-pyrrole nitrogens is 1. The van der Waals surface area contributed by atoms with E-state index in [1.165, 1.54) is 5.56 Å². The Morgan fingerprint density at radius 2 is 1.47 bits per heavy atom. The molecule has 4 aromatic carbocycles. The fraction of sp³-hybridized carbons (Fsp3) is 0.300. The molecule has 0 spiro atoms. The molecule has 0 amide bonds. The molecule has 2 aromatic heterocycles. The standard InChI is InChI=1S/C40H43N3O2/c1-38(2,3)26-19-25(36(44)31(21-26)40(7,8)9)23-42-34-28-14-11-10-13-24(28)16-17-29(34)37-43-35-30(32-15-12-18-41-32)20-27(39(4,5)6)22-33(35)45-37/h10-23,41,44H,1-9H3. The molecule has 0 aliphatic carbocycles. The Balaban J connectivity index is 1.58. The molecule has 0 atom stereocenters. The average Bonchev–Trinajstić information content (AvgIpc) is 3.65. The van der Waals surface area contributed by atoms with Crippen LogP contribution in [0.1, 0.15) is 84.6 Å². The van der Waals surface area contributed by atoms with Crippen LogP contribution in [-0.4, -0.2) is 21.3 Å². The number of fused-ring (bicyclic) bond motifs is 2. The number of rotatable bonds is 4. The normalized spacial score (nSPS) is 13.0. The van der Waals surface area contributed by atoms with Gasteiger partial charge in [-0.1, -0.05) is 98.7 Å². The molecule has 2 N–H and O–H groups in total. The number of aromatic nitrogens is 2. The van der Waals surface area contributed by atoms with Gasteiger partial charge in [-0.2, -0.15) is 0 Å². The van der Waals surface area contributed by atoms with Crippen molar-refractivity contribution < 1.29 is 9.52 Å². The topological polar surface area (TPSA) is 74.4 Å². The predicted molar refractivity (Wildman–Crippen MR) is 188 cm³/mol. The van der Waals surface area contributed by atoms with Crippen molar-refractivity contribution in [1.29, 1.82) is 0 Å². The Labute approximate surface area is 266 Å². The quantitative estimate of drug-likeness (QED) is 0.199. The first-order valence-corrected chi connectivity index (χ1v) is 15.6. The molecule has 45 heavy (non-hydrogen) atoms. The van der Waals surface area contributed by atoms with Gasteiger partial charge >= 0.3 is 0 Å². The fourth-order valence-corrected chi connectivity index (χ4v) is 5.74. The maximum atomic E-state index is 11.5. The Morgan fingerprint density at radius 1 is 0.756 bits per heavy atom. The Hall–Kier alpha value is -4.64. The monoisotopic (exact) mass is 597 g/mol. The van der Waals surface area contributed by atoms with Crippen molar-refractivity contribution in [3.8, 4) is 28.5 Å². The molecule has 6 rings (SSSR count). The molecular formula is C40H43N3O2. The highest BCUT2D eigenvalue weighted by Crippen LogP contribution is 2.42. The molecule has 0 aliphatic heterocycles. The molecule has 5 nitrogen and oxygen atoms in total. The van der Waals surface area contributed by atoms with E-state index in [1.807, 2.05) is 30.5 Å². The van der Waals surface area contributed by atoms with Crippen LogP contribution in [0.4, 0.5) is 5.69 Å². The highest BCUT2D eigenvalue weighted by Gasteiger charge is 2.25. The number of nitrogens with zero attached hydrogens (tertiary/aromatic N) is 2. The average molecular weight is 598 g/mol.